The molecule has 1 unspecified atom stereocenters. The molecular weight excluding hydrogens is 255 g/mol. The van der Waals surface area contributed by atoms with Crippen LogP contribution in [0.2, 0.25) is 0 Å². The smallest absolute Gasteiger partial charge is 0.396 e. The number of alkyl halides is 3. The van der Waals surface area contributed by atoms with E-state index in [0.717, 1.165) is 37.1 Å². The van der Waals surface area contributed by atoms with Gasteiger partial charge in [-0.05, 0) is 43.0 Å². The van der Waals surface area contributed by atoms with Gasteiger partial charge in [-0.3, -0.25) is 0 Å². The minimum atomic E-state index is -4.27. The van der Waals surface area contributed by atoms with E-state index < -0.39 is 11.7 Å². The summed E-state index contributed by atoms with van der Waals surface area (Å²) in [6, 6.07) is 5.19. The van der Waals surface area contributed by atoms with Gasteiger partial charge in [0.05, 0.1) is 5.56 Å². The van der Waals surface area contributed by atoms with Gasteiger partial charge in [0.1, 0.15) is 0 Å². The molecule has 108 valence electrons. The monoisotopic (exact) mass is 275 g/mol. The number of hydrogen-bond acceptors (Lipinski definition) is 2. The van der Waals surface area contributed by atoms with E-state index in [1.807, 2.05) is 6.92 Å². The highest BCUT2D eigenvalue weighted by Crippen LogP contribution is 2.28. The van der Waals surface area contributed by atoms with E-state index in [1.165, 1.54) is 12.1 Å². The van der Waals surface area contributed by atoms with Gasteiger partial charge in [-0.1, -0.05) is 19.1 Å². The highest BCUT2D eigenvalue weighted by molar-refractivity contribution is 5.24. The molecule has 0 bridgehead atoms. The lowest BCUT2D eigenvalue weighted by molar-refractivity contribution is -0.137. The summed E-state index contributed by atoms with van der Waals surface area (Å²) in [7, 11) is 0. The van der Waals surface area contributed by atoms with Gasteiger partial charge in [-0.2, -0.15) is 13.2 Å². The molecular formula is C14H20F3NO. The number of halogens is 3. The Hall–Kier alpha value is -1.07. The zero-order chi connectivity index (χ0) is 14.3. The third-order valence-electron chi connectivity index (χ3n) is 2.97. The molecule has 5 heteroatoms. The molecule has 0 radical (unpaired) electrons. The molecule has 2 nitrogen and oxygen atoms in total. The standard InChI is InChI=1S/C14H20F3NO/c1-11(10-19)3-2-8-18-9-12-4-6-13(7-5-12)14(15,16)17/h4-7,11,18-19H,2-3,8-10H2,1H3. The van der Waals surface area contributed by atoms with Crippen LogP contribution in [0.15, 0.2) is 24.3 Å². The fourth-order valence-corrected chi connectivity index (χ4v) is 1.71. The second-order valence-electron chi connectivity index (χ2n) is 4.80. The predicted octanol–water partition coefficient (Wildman–Crippen LogP) is 3.20. The number of nitrogens with one attached hydrogen (secondary N) is 1. The second kappa shape index (κ2) is 7.50. The van der Waals surface area contributed by atoms with Crippen molar-refractivity contribution in [1.82, 2.24) is 5.32 Å². The van der Waals surface area contributed by atoms with Crippen LogP contribution in [0.3, 0.4) is 0 Å². The quantitative estimate of drug-likeness (QED) is 0.749. The molecule has 0 amide bonds. The molecule has 0 aromatic heterocycles. The summed E-state index contributed by atoms with van der Waals surface area (Å²) in [5.41, 5.74) is 0.219. The van der Waals surface area contributed by atoms with Crippen molar-refractivity contribution in [1.29, 1.82) is 0 Å². The van der Waals surface area contributed by atoms with Gasteiger partial charge in [0.15, 0.2) is 0 Å². The predicted molar refractivity (Wildman–Crippen MR) is 68.6 cm³/mol. The van der Waals surface area contributed by atoms with Crippen LogP contribution in [0.1, 0.15) is 30.9 Å². The van der Waals surface area contributed by atoms with Crippen LogP contribution >= 0.6 is 0 Å². The van der Waals surface area contributed by atoms with Crippen molar-refractivity contribution in [3.05, 3.63) is 35.4 Å². The number of benzene rings is 1. The molecule has 1 atom stereocenters. The SMILES string of the molecule is CC(CO)CCCNCc1ccc(C(F)(F)F)cc1. The fourth-order valence-electron chi connectivity index (χ4n) is 1.71. The van der Waals surface area contributed by atoms with Gasteiger partial charge < -0.3 is 10.4 Å². The van der Waals surface area contributed by atoms with E-state index >= 15 is 0 Å². The third-order valence-corrected chi connectivity index (χ3v) is 2.97. The van der Waals surface area contributed by atoms with Crippen molar-refractivity contribution in [2.45, 2.75) is 32.5 Å². The Bertz CT molecular complexity index is 362. The van der Waals surface area contributed by atoms with E-state index in [2.05, 4.69) is 5.32 Å². The normalized spacial score (nSPS) is 13.5. The Morgan fingerprint density at radius 1 is 1.21 bits per heavy atom. The van der Waals surface area contributed by atoms with E-state index in [4.69, 9.17) is 5.11 Å². The van der Waals surface area contributed by atoms with Crippen molar-refractivity contribution >= 4 is 0 Å². The van der Waals surface area contributed by atoms with Crippen LogP contribution in [0, 0.1) is 5.92 Å². The summed E-state index contributed by atoms with van der Waals surface area (Å²) in [5.74, 6) is 0.299. The lowest BCUT2D eigenvalue weighted by Crippen LogP contribution is -2.16. The Labute approximate surface area is 111 Å². The summed E-state index contributed by atoms with van der Waals surface area (Å²) in [5, 5.41) is 12.0. The Morgan fingerprint density at radius 3 is 2.37 bits per heavy atom. The molecule has 0 heterocycles. The van der Waals surface area contributed by atoms with Crippen molar-refractivity contribution in [3.63, 3.8) is 0 Å². The van der Waals surface area contributed by atoms with Crippen LogP contribution in [-0.4, -0.2) is 18.3 Å². The first-order chi connectivity index (χ1) is 8.93. The van der Waals surface area contributed by atoms with Gasteiger partial charge >= 0.3 is 6.18 Å². The van der Waals surface area contributed by atoms with Crippen molar-refractivity contribution < 1.29 is 18.3 Å². The molecule has 0 saturated carbocycles. The molecule has 1 rings (SSSR count). The van der Waals surface area contributed by atoms with Crippen molar-refractivity contribution in [3.8, 4) is 0 Å². The van der Waals surface area contributed by atoms with Crippen LogP contribution < -0.4 is 5.32 Å². The van der Waals surface area contributed by atoms with E-state index in [9.17, 15) is 13.2 Å². The fraction of sp³-hybridized carbons (Fsp3) is 0.571. The number of aliphatic hydroxyl groups is 1. The molecule has 1 aromatic rings. The zero-order valence-corrected chi connectivity index (χ0v) is 11.0. The molecule has 2 N–H and O–H groups in total. The van der Waals surface area contributed by atoms with Gasteiger partial charge in [-0.25, -0.2) is 0 Å². The summed E-state index contributed by atoms with van der Waals surface area (Å²) < 4.78 is 37.0. The maximum Gasteiger partial charge on any atom is 0.416 e. The van der Waals surface area contributed by atoms with Crippen LogP contribution in [0.4, 0.5) is 13.2 Å². The first kappa shape index (κ1) is 16.0. The summed E-state index contributed by atoms with van der Waals surface area (Å²) in [4.78, 5) is 0. The maximum atomic E-state index is 12.3. The summed E-state index contributed by atoms with van der Waals surface area (Å²) in [6.45, 7) is 3.53. The molecule has 0 spiro atoms. The highest BCUT2D eigenvalue weighted by atomic mass is 19.4. The van der Waals surface area contributed by atoms with Crippen LogP contribution in [-0.2, 0) is 12.7 Å². The van der Waals surface area contributed by atoms with Gasteiger partial charge in [0, 0.05) is 13.2 Å². The summed E-state index contributed by atoms with van der Waals surface area (Å²) >= 11 is 0. The molecule has 0 aliphatic heterocycles. The second-order valence-corrected chi connectivity index (χ2v) is 4.80. The summed E-state index contributed by atoms with van der Waals surface area (Å²) in [6.07, 6.45) is -2.38. The molecule has 0 aliphatic carbocycles. The first-order valence-corrected chi connectivity index (χ1v) is 6.41. The maximum absolute atomic E-state index is 12.3. The topological polar surface area (TPSA) is 32.3 Å². The van der Waals surface area contributed by atoms with Crippen molar-refractivity contribution in [2.24, 2.45) is 5.92 Å². The van der Waals surface area contributed by atoms with Gasteiger partial charge in [0.2, 0.25) is 0 Å². The lowest BCUT2D eigenvalue weighted by atomic mass is 10.1. The average molecular weight is 275 g/mol. The molecule has 0 saturated heterocycles. The number of hydrogen-bond donors (Lipinski definition) is 2. The molecule has 19 heavy (non-hydrogen) atoms. The molecule has 0 aliphatic rings. The lowest BCUT2D eigenvalue weighted by Gasteiger charge is -2.10. The first-order valence-electron chi connectivity index (χ1n) is 6.41. The number of rotatable bonds is 7. The largest absolute Gasteiger partial charge is 0.416 e. The van der Waals surface area contributed by atoms with Gasteiger partial charge in [-0.15, -0.1) is 0 Å². The highest BCUT2D eigenvalue weighted by Gasteiger charge is 2.29. The zero-order valence-electron chi connectivity index (χ0n) is 11.0. The van der Waals surface area contributed by atoms with Gasteiger partial charge in [0.25, 0.3) is 0 Å². The molecule has 1 aromatic carbocycles. The average Bonchev–Trinajstić information content (AvgIpc) is 2.37. The van der Waals surface area contributed by atoms with E-state index in [1.54, 1.807) is 0 Å². The molecule has 0 fully saturated rings. The van der Waals surface area contributed by atoms with E-state index in [-0.39, 0.29) is 6.61 Å². The van der Waals surface area contributed by atoms with Crippen LogP contribution in [0.25, 0.3) is 0 Å². The van der Waals surface area contributed by atoms with E-state index in [0.29, 0.717) is 12.5 Å². The van der Waals surface area contributed by atoms with Crippen LogP contribution in [0.5, 0.6) is 0 Å². The minimum absolute atomic E-state index is 0.193. The Kier molecular flexibility index (Phi) is 6.31. The minimum Gasteiger partial charge on any atom is -0.396 e. The third kappa shape index (κ3) is 6.07. The van der Waals surface area contributed by atoms with Crippen molar-refractivity contribution in [2.75, 3.05) is 13.2 Å². The Balaban J connectivity index is 2.27. The Morgan fingerprint density at radius 2 is 1.84 bits per heavy atom. The number of aliphatic hydroxyl groups excluding tert-OH is 1.